The van der Waals surface area contributed by atoms with Gasteiger partial charge in [-0.25, -0.2) is 5.48 Å². The highest BCUT2D eigenvalue weighted by atomic mass is 32.1. The first kappa shape index (κ1) is 25.1. The number of benzene rings is 1. The molecule has 2 amide bonds. The van der Waals surface area contributed by atoms with Crippen LogP contribution in [0.15, 0.2) is 42.5 Å². The van der Waals surface area contributed by atoms with Crippen LogP contribution in [0.1, 0.15) is 28.7 Å². The van der Waals surface area contributed by atoms with Gasteiger partial charge in [0.15, 0.2) is 0 Å². The fourth-order valence-electron chi connectivity index (χ4n) is 3.99. The summed E-state index contributed by atoms with van der Waals surface area (Å²) in [5.41, 5.74) is 3.62. The van der Waals surface area contributed by atoms with Gasteiger partial charge >= 0.3 is 0 Å². The predicted octanol–water partition coefficient (Wildman–Crippen LogP) is 1.48. The lowest BCUT2D eigenvalue weighted by Crippen LogP contribution is -2.51. The van der Waals surface area contributed by atoms with E-state index in [1.807, 2.05) is 0 Å². The van der Waals surface area contributed by atoms with Crippen molar-refractivity contribution in [2.24, 2.45) is 5.92 Å². The summed E-state index contributed by atoms with van der Waals surface area (Å²) in [6, 6.07) is 5.46. The molecule has 0 bridgehead atoms. The number of aliphatic hydroxyl groups excluding tert-OH is 1. The number of nitrogens with one attached hydrogen (secondary N) is 2. The van der Waals surface area contributed by atoms with Crippen LogP contribution in [0.4, 0.5) is 0 Å². The number of nitrogens with zero attached hydrogens (tertiary/aromatic N) is 3. The van der Waals surface area contributed by atoms with Gasteiger partial charge in [-0.1, -0.05) is 41.7 Å². The van der Waals surface area contributed by atoms with E-state index < -0.39 is 24.0 Å². The summed E-state index contributed by atoms with van der Waals surface area (Å²) in [5, 5.41) is 31.1. The van der Waals surface area contributed by atoms with Gasteiger partial charge in [-0.3, -0.25) is 19.7 Å². The SMILES string of the molecule is C[C@@H](O)[C@H](NC(=O)c1ccc(-c2nnc(C3=CCC(CN4CCOCC4)C=C3)s2)cc1)C(=O)NO. The third kappa shape index (κ3) is 6.38. The molecule has 2 aromatic rings. The lowest BCUT2D eigenvalue weighted by Gasteiger charge is -2.29. The minimum Gasteiger partial charge on any atom is -0.391 e. The second kappa shape index (κ2) is 11.6. The van der Waals surface area contributed by atoms with Crippen LogP contribution in [-0.4, -0.2) is 82.2 Å². The molecular weight excluding hydrogens is 470 g/mol. The molecule has 0 radical (unpaired) electrons. The zero-order valence-electron chi connectivity index (χ0n) is 19.4. The highest BCUT2D eigenvalue weighted by Crippen LogP contribution is 2.31. The number of allylic oxidation sites excluding steroid dienone is 3. The number of hydrogen-bond acceptors (Lipinski definition) is 9. The third-order valence-electron chi connectivity index (χ3n) is 6.01. The third-order valence-corrected chi connectivity index (χ3v) is 7.03. The van der Waals surface area contributed by atoms with Crippen molar-refractivity contribution >= 4 is 28.7 Å². The molecular formula is C24H29N5O5S. The van der Waals surface area contributed by atoms with Crippen molar-refractivity contribution in [3.8, 4) is 10.6 Å². The van der Waals surface area contributed by atoms with Crippen LogP contribution >= 0.6 is 11.3 Å². The molecule has 1 unspecified atom stereocenters. The van der Waals surface area contributed by atoms with E-state index in [4.69, 9.17) is 9.94 Å². The van der Waals surface area contributed by atoms with Crippen LogP contribution in [-0.2, 0) is 9.53 Å². The molecule has 1 saturated heterocycles. The fraction of sp³-hybridized carbons (Fsp3) is 0.417. The zero-order valence-corrected chi connectivity index (χ0v) is 20.2. The van der Waals surface area contributed by atoms with Gasteiger partial charge in [-0.05, 0) is 31.4 Å². The monoisotopic (exact) mass is 499 g/mol. The Morgan fingerprint density at radius 1 is 1.20 bits per heavy atom. The average Bonchev–Trinajstić information content (AvgIpc) is 3.38. The summed E-state index contributed by atoms with van der Waals surface area (Å²) in [5.74, 6) is -0.960. The number of aliphatic hydroxyl groups is 1. The zero-order chi connectivity index (χ0) is 24.8. The number of rotatable bonds is 8. The molecule has 1 fully saturated rings. The van der Waals surface area contributed by atoms with E-state index in [1.165, 1.54) is 23.7 Å². The maximum atomic E-state index is 12.5. The van der Waals surface area contributed by atoms with Crippen molar-refractivity contribution in [3.05, 3.63) is 53.1 Å². The van der Waals surface area contributed by atoms with Crippen molar-refractivity contribution in [1.82, 2.24) is 25.9 Å². The summed E-state index contributed by atoms with van der Waals surface area (Å²) in [7, 11) is 0. The fourth-order valence-corrected chi connectivity index (χ4v) is 4.86. The Balaban J connectivity index is 1.36. The molecule has 1 aromatic carbocycles. The van der Waals surface area contributed by atoms with Gasteiger partial charge in [-0.2, -0.15) is 0 Å². The van der Waals surface area contributed by atoms with Crippen LogP contribution in [0.2, 0.25) is 0 Å². The molecule has 2 aliphatic rings. The maximum Gasteiger partial charge on any atom is 0.268 e. The van der Waals surface area contributed by atoms with E-state index in [-0.39, 0.29) is 0 Å². The van der Waals surface area contributed by atoms with Gasteiger partial charge in [0.2, 0.25) is 0 Å². The van der Waals surface area contributed by atoms with E-state index >= 15 is 0 Å². The molecule has 1 aliphatic carbocycles. The van der Waals surface area contributed by atoms with Crippen molar-refractivity contribution in [3.63, 3.8) is 0 Å². The van der Waals surface area contributed by atoms with Gasteiger partial charge in [-0.15, -0.1) is 10.2 Å². The summed E-state index contributed by atoms with van der Waals surface area (Å²) in [6.45, 7) is 5.96. The summed E-state index contributed by atoms with van der Waals surface area (Å²) < 4.78 is 5.42. The lowest BCUT2D eigenvalue weighted by molar-refractivity contribution is -0.133. The number of hydrogen-bond donors (Lipinski definition) is 4. The number of morpholine rings is 1. The molecule has 4 rings (SSSR count). The second-order valence-corrected chi connectivity index (χ2v) is 9.56. The molecule has 4 N–H and O–H groups in total. The van der Waals surface area contributed by atoms with Gasteiger partial charge in [0.1, 0.15) is 16.1 Å². The second-order valence-electron chi connectivity index (χ2n) is 8.58. The van der Waals surface area contributed by atoms with E-state index in [0.717, 1.165) is 60.4 Å². The molecule has 0 spiro atoms. The quantitative estimate of drug-likeness (QED) is 0.317. The first-order valence-electron chi connectivity index (χ1n) is 11.5. The summed E-state index contributed by atoms with van der Waals surface area (Å²) in [6.07, 6.45) is 6.36. The Morgan fingerprint density at radius 2 is 1.91 bits per heavy atom. The number of ether oxygens (including phenoxy) is 1. The Labute approximate surface area is 207 Å². The molecule has 10 nitrogen and oxygen atoms in total. The highest BCUT2D eigenvalue weighted by Gasteiger charge is 2.26. The molecule has 186 valence electrons. The van der Waals surface area contributed by atoms with Crippen LogP contribution in [0.3, 0.4) is 0 Å². The molecule has 11 heteroatoms. The van der Waals surface area contributed by atoms with E-state index in [1.54, 1.807) is 24.3 Å². The molecule has 1 aliphatic heterocycles. The smallest absolute Gasteiger partial charge is 0.268 e. The van der Waals surface area contributed by atoms with Gasteiger partial charge in [0.05, 0.1) is 19.3 Å². The molecule has 3 atom stereocenters. The van der Waals surface area contributed by atoms with Gasteiger partial charge < -0.3 is 15.2 Å². The lowest BCUT2D eigenvalue weighted by atomic mass is 9.96. The number of carbonyl (C=O) groups excluding carboxylic acids is 2. The topological polar surface area (TPSA) is 137 Å². The predicted molar refractivity (Wildman–Crippen MR) is 131 cm³/mol. The Kier molecular flexibility index (Phi) is 8.37. The minimum absolute atomic E-state index is 0.305. The number of aromatic nitrogens is 2. The van der Waals surface area contributed by atoms with Gasteiger partial charge in [0, 0.05) is 36.3 Å². The van der Waals surface area contributed by atoms with Crippen molar-refractivity contribution in [2.45, 2.75) is 25.5 Å². The standard InChI is InChI=1S/C24H29N5O5S/c1-15(30)20(22(32)28-33)25-21(31)17-6-8-19(9-7-17)24-27-26-23(35-24)18-4-2-16(3-5-18)14-29-10-12-34-13-11-29/h2,4-9,15-16,20,30,33H,3,10-14H2,1H3,(H,25,31)(H,28,32)/t15-,16?,20+/m1/s1. The highest BCUT2D eigenvalue weighted by molar-refractivity contribution is 7.15. The van der Waals surface area contributed by atoms with Crippen molar-refractivity contribution in [1.29, 1.82) is 0 Å². The molecule has 1 aromatic heterocycles. The first-order valence-corrected chi connectivity index (χ1v) is 12.3. The van der Waals surface area contributed by atoms with Crippen molar-refractivity contribution < 1.29 is 24.6 Å². The maximum absolute atomic E-state index is 12.5. The average molecular weight is 500 g/mol. The number of amides is 2. The Morgan fingerprint density at radius 3 is 2.54 bits per heavy atom. The molecule has 35 heavy (non-hydrogen) atoms. The normalized spacial score (nSPS) is 20.1. The van der Waals surface area contributed by atoms with E-state index in [0.29, 0.717) is 11.5 Å². The Hall–Kier alpha value is -2.96. The van der Waals surface area contributed by atoms with Crippen LogP contribution in [0, 0.1) is 5.92 Å². The van der Waals surface area contributed by atoms with E-state index in [2.05, 4.69) is 38.6 Å². The largest absolute Gasteiger partial charge is 0.391 e. The van der Waals surface area contributed by atoms with Gasteiger partial charge in [0.25, 0.3) is 11.8 Å². The number of hydroxylamine groups is 1. The van der Waals surface area contributed by atoms with Crippen molar-refractivity contribution in [2.75, 3.05) is 32.8 Å². The minimum atomic E-state index is -1.27. The van der Waals surface area contributed by atoms with Crippen LogP contribution in [0.5, 0.6) is 0 Å². The molecule has 2 heterocycles. The first-order chi connectivity index (χ1) is 16.9. The summed E-state index contributed by atoms with van der Waals surface area (Å²) >= 11 is 1.48. The molecule has 0 saturated carbocycles. The number of carbonyl (C=O) groups is 2. The summed E-state index contributed by atoms with van der Waals surface area (Å²) in [4.78, 5) is 26.5. The van der Waals surface area contributed by atoms with Crippen LogP contribution in [0.25, 0.3) is 16.1 Å². The van der Waals surface area contributed by atoms with E-state index in [9.17, 15) is 14.7 Å². The Bertz CT molecular complexity index is 1090. The van der Waals surface area contributed by atoms with Crippen LogP contribution < -0.4 is 10.8 Å².